The van der Waals surface area contributed by atoms with Gasteiger partial charge in [-0.2, -0.15) is 0 Å². The lowest BCUT2D eigenvalue weighted by molar-refractivity contribution is 0.277. The summed E-state index contributed by atoms with van der Waals surface area (Å²) >= 11 is 5.41. The Kier molecular flexibility index (Phi) is 7.06. The molecule has 102 valence electrons. The molecule has 0 amide bonds. The van der Waals surface area contributed by atoms with Crippen molar-refractivity contribution in [2.24, 2.45) is 0 Å². The van der Waals surface area contributed by atoms with E-state index in [1.54, 1.807) is 14.2 Å². The fourth-order valence-electron chi connectivity index (χ4n) is 1.94. The molecule has 2 rings (SSSR count). The summed E-state index contributed by atoms with van der Waals surface area (Å²) in [5.74, 6) is 0. The SMILES string of the molecule is CN1C(=S)C(C)(C)c2ccccc21.CO.COC. The average molecular weight is 269 g/mol. The Morgan fingerprint density at radius 2 is 1.61 bits per heavy atom. The van der Waals surface area contributed by atoms with Crippen molar-refractivity contribution >= 4 is 22.9 Å². The molecule has 0 unspecified atom stereocenters. The number of aliphatic hydroxyl groups is 1. The summed E-state index contributed by atoms with van der Waals surface area (Å²) in [6.45, 7) is 4.36. The van der Waals surface area contributed by atoms with E-state index >= 15 is 0 Å². The summed E-state index contributed by atoms with van der Waals surface area (Å²) in [4.78, 5) is 3.11. The number of para-hydroxylation sites is 1. The number of nitrogens with zero attached hydrogens (tertiary/aromatic N) is 1. The molecule has 0 aromatic heterocycles. The Hall–Kier alpha value is -0.970. The maximum Gasteiger partial charge on any atom is 0.0923 e. The van der Waals surface area contributed by atoms with Gasteiger partial charge in [-0.15, -0.1) is 0 Å². The molecular weight excluding hydrogens is 246 g/mol. The number of hydrogen-bond donors (Lipinski definition) is 1. The third-order valence-electron chi connectivity index (χ3n) is 2.78. The van der Waals surface area contributed by atoms with E-state index in [2.05, 4.69) is 47.7 Å². The second-order valence-electron chi connectivity index (χ2n) is 4.41. The number of methoxy groups -OCH3 is 1. The second kappa shape index (κ2) is 7.46. The largest absolute Gasteiger partial charge is 0.400 e. The summed E-state index contributed by atoms with van der Waals surface area (Å²) in [5.41, 5.74) is 2.60. The molecule has 0 radical (unpaired) electrons. The van der Waals surface area contributed by atoms with Crippen LogP contribution in [0.25, 0.3) is 0 Å². The highest BCUT2D eigenvalue weighted by atomic mass is 32.1. The van der Waals surface area contributed by atoms with Crippen LogP contribution in [0, 0.1) is 0 Å². The van der Waals surface area contributed by atoms with Crippen LogP contribution in [0.15, 0.2) is 24.3 Å². The van der Waals surface area contributed by atoms with Gasteiger partial charge in [-0.25, -0.2) is 0 Å². The minimum Gasteiger partial charge on any atom is -0.400 e. The molecule has 1 aliphatic heterocycles. The summed E-state index contributed by atoms with van der Waals surface area (Å²) in [6.07, 6.45) is 0. The zero-order valence-electron chi connectivity index (χ0n) is 12.0. The third kappa shape index (κ3) is 3.28. The van der Waals surface area contributed by atoms with E-state index in [9.17, 15) is 0 Å². The lowest BCUT2D eigenvalue weighted by Gasteiger charge is -2.20. The molecule has 4 heteroatoms. The minimum absolute atomic E-state index is 0.0146. The van der Waals surface area contributed by atoms with Crippen LogP contribution in [0.1, 0.15) is 19.4 Å². The first-order valence-electron chi connectivity index (χ1n) is 5.69. The van der Waals surface area contributed by atoms with Crippen molar-refractivity contribution in [1.29, 1.82) is 0 Å². The Labute approximate surface area is 115 Å². The van der Waals surface area contributed by atoms with Gasteiger partial charge in [-0.3, -0.25) is 0 Å². The van der Waals surface area contributed by atoms with Gasteiger partial charge in [0.05, 0.1) is 4.99 Å². The van der Waals surface area contributed by atoms with E-state index in [1.807, 2.05) is 7.05 Å². The Bertz CT molecular complexity index is 391. The molecule has 0 bridgehead atoms. The summed E-state index contributed by atoms with van der Waals surface area (Å²) < 4.78 is 4.25. The first-order valence-corrected chi connectivity index (χ1v) is 6.10. The number of aliphatic hydroxyl groups excluding tert-OH is 1. The molecule has 1 aromatic carbocycles. The van der Waals surface area contributed by atoms with Crippen LogP contribution in [0.3, 0.4) is 0 Å². The summed E-state index contributed by atoms with van der Waals surface area (Å²) in [6, 6.07) is 8.41. The molecule has 18 heavy (non-hydrogen) atoms. The second-order valence-corrected chi connectivity index (χ2v) is 4.80. The molecule has 1 aliphatic rings. The van der Waals surface area contributed by atoms with Crippen molar-refractivity contribution in [3.63, 3.8) is 0 Å². The molecule has 0 saturated heterocycles. The molecule has 0 fully saturated rings. The minimum atomic E-state index is 0.0146. The normalized spacial score (nSPS) is 15.1. The topological polar surface area (TPSA) is 32.7 Å². The molecule has 1 N–H and O–H groups in total. The van der Waals surface area contributed by atoms with Gasteiger partial charge in [0.1, 0.15) is 0 Å². The number of fused-ring (bicyclic) bond motifs is 1. The van der Waals surface area contributed by atoms with E-state index in [4.69, 9.17) is 17.3 Å². The van der Waals surface area contributed by atoms with Crippen LogP contribution in [-0.2, 0) is 10.2 Å². The average Bonchev–Trinajstić information content (AvgIpc) is 2.56. The number of anilines is 1. The van der Waals surface area contributed by atoms with Crippen molar-refractivity contribution in [1.82, 2.24) is 0 Å². The quantitative estimate of drug-likeness (QED) is 0.734. The monoisotopic (exact) mass is 269 g/mol. The highest BCUT2D eigenvalue weighted by molar-refractivity contribution is 7.80. The first kappa shape index (κ1) is 17.0. The molecular formula is C14H23NO2S. The molecule has 0 atom stereocenters. The highest BCUT2D eigenvalue weighted by Crippen LogP contribution is 2.40. The first-order chi connectivity index (χ1) is 8.46. The predicted molar refractivity (Wildman–Crippen MR) is 81.5 cm³/mol. The van der Waals surface area contributed by atoms with Crippen LogP contribution in [-0.4, -0.2) is 38.5 Å². The molecule has 1 aromatic rings. The Morgan fingerprint density at radius 3 is 2.06 bits per heavy atom. The van der Waals surface area contributed by atoms with E-state index in [0.717, 1.165) is 12.1 Å². The lowest BCUT2D eigenvalue weighted by Crippen LogP contribution is -2.31. The van der Waals surface area contributed by atoms with Crippen LogP contribution in [0.2, 0.25) is 0 Å². The highest BCUT2D eigenvalue weighted by Gasteiger charge is 2.38. The van der Waals surface area contributed by atoms with Crippen LogP contribution < -0.4 is 4.90 Å². The van der Waals surface area contributed by atoms with Gasteiger partial charge < -0.3 is 14.7 Å². The zero-order valence-corrected chi connectivity index (χ0v) is 12.8. The van der Waals surface area contributed by atoms with E-state index in [0.29, 0.717) is 0 Å². The molecule has 0 spiro atoms. The van der Waals surface area contributed by atoms with Crippen molar-refractivity contribution < 1.29 is 9.84 Å². The van der Waals surface area contributed by atoms with Crippen LogP contribution in [0.4, 0.5) is 5.69 Å². The number of rotatable bonds is 0. The summed E-state index contributed by atoms with van der Waals surface area (Å²) in [5, 5.41) is 7.00. The predicted octanol–water partition coefficient (Wildman–Crippen LogP) is 2.61. The number of likely N-dealkylation sites (N-methyl/N-ethyl adjacent to an activating group) is 1. The smallest absolute Gasteiger partial charge is 0.0923 e. The Balaban J connectivity index is 0.000000509. The lowest BCUT2D eigenvalue weighted by atomic mass is 9.87. The molecule has 0 saturated carbocycles. The number of hydrogen-bond acceptors (Lipinski definition) is 3. The molecule has 3 nitrogen and oxygen atoms in total. The zero-order chi connectivity index (χ0) is 14.3. The summed E-state index contributed by atoms with van der Waals surface area (Å²) in [7, 11) is 6.29. The van der Waals surface area contributed by atoms with Gasteiger partial charge in [0.15, 0.2) is 0 Å². The van der Waals surface area contributed by atoms with E-state index < -0.39 is 0 Å². The standard InChI is InChI=1S/C11H13NS.C2H6O.CH4O/c1-11(2)8-6-4-5-7-9(8)12(3)10(11)13;1-3-2;1-2/h4-7H,1-3H3;1-2H3;2H,1H3. The van der Waals surface area contributed by atoms with Gasteiger partial charge in [-0.05, 0) is 25.5 Å². The number of benzene rings is 1. The van der Waals surface area contributed by atoms with Crippen LogP contribution >= 0.6 is 12.2 Å². The fourth-order valence-corrected chi connectivity index (χ4v) is 2.15. The fraction of sp³-hybridized carbons (Fsp3) is 0.500. The van der Waals surface area contributed by atoms with Crippen molar-refractivity contribution in [3.8, 4) is 0 Å². The van der Waals surface area contributed by atoms with Crippen molar-refractivity contribution in [2.45, 2.75) is 19.3 Å². The van der Waals surface area contributed by atoms with Gasteiger partial charge in [-0.1, -0.05) is 30.4 Å². The van der Waals surface area contributed by atoms with Gasteiger partial charge in [0.2, 0.25) is 0 Å². The maximum absolute atomic E-state index is 7.00. The number of ether oxygens (including phenoxy) is 1. The maximum atomic E-state index is 7.00. The Morgan fingerprint density at radius 1 is 1.17 bits per heavy atom. The molecule has 1 heterocycles. The van der Waals surface area contributed by atoms with Gasteiger partial charge in [0.25, 0.3) is 0 Å². The van der Waals surface area contributed by atoms with E-state index in [1.165, 1.54) is 11.3 Å². The molecule has 0 aliphatic carbocycles. The third-order valence-corrected chi connectivity index (χ3v) is 3.56. The van der Waals surface area contributed by atoms with Gasteiger partial charge in [0, 0.05) is 39.5 Å². The van der Waals surface area contributed by atoms with Crippen molar-refractivity contribution in [2.75, 3.05) is 33.3 Å². The van der Waals surface area contributed by atoms with Crippen LogP contribution in [0.5, 0.6) is 0 Å². The number of thiocarbonyl (C=S) groups is 1. The van der Waals surface area contributed by atoms with E-state index in [-0.39, 0.29) is 5.41 Å². The van der Waals surface area contributed by atoms with Crippen molar-refractivity contribution in [3.05, 3.63) is 29.8 Å². The van der Waals surface area contributed by atoms with Gasteiger partial charge >= 0.3 is 0 Å².